The van der Waals surface area contributed by atoms with E-state index in [0.29, 0.717) is 12.1 Å². The van der Waals surface area contributed by atoms with Crippen LogP contribution in [0.2, 0.25) is 0 Å². The molecule has 2 rings (SSSR count). The Hall–Kier alpha value is -2.17. The Labute approximate surface area is 121 Å². The van der Waals surface area contributed by atoms with Gasteiger partial charge in [-0.25, -0.2) is 0 Å². The second kappa shape index (κ2) is 6.08. The molecule has 0 spiro atoms. The summed E-state index contributed by atoms with van der Waals surface area (Å²) < 4.78 is 37.5. The van der Waals surface area contributed by atoms with Crippen molar-refractivity contribution < 1.29 is 18.3 Å². The number of hydrogen-bond donors (Lipinski definition) is 2. The van der Waals surface area contributed by atoms with Crippen molar-refractivity contribution in [2.45, 2.75) is 25.6 Å². The molecule has 0 aliphatic carbocycles. The lowest BCUT2D eigenvalue weighted by atomic mass is 10.0. The average molecular weight is 295 g/mol. The molecule has 1 unspecified atom stereocenters. The lowest BCUT2D eigenvalue weighted by molar-refractivity contribution is -0.137. The lowest BCUT2D eigenvalue weighted by Crippen LogP contribution is -2.10. The summed E-state index contributed by atoms with van der Waals surface area (Å²) in [5.74, 6) is 0.170. The highest BCUT2D eigenvalue weighted by molar-refractivity contribution is 5.49. The van der Waals surface area contributed by atoms with Crippen molar-refractivity contribution in [1.29, 1.82) is 0 Å². The number of aromatic hydroxyl groups is 1. The van der Waals surface area contributed by atoms with E-state index in [-0.39, 0.29) is 11.8 Å². The molecule has 2 aromatic carbocycles. The van der Waals surface area contributed by atoms with Crippen molar-refractivity contribution in [1.82, 2.24) is 0 Å². The molecule has 0 amide bonds. The van der Waals surface area contributed by atoms with Gasteiger partial charge in [0.15, 0.2) is 0 Å². The van der Waals surface area contributed by atoms with Crippen LogP contribution in [0.3, 0.4) is 0 Å². The maximum atomic E-state index is 12.5. The van der Waals surface area contributed by atoms with Gasteiger partial charge in [0.25, 0.3) is 0 Å². The van der Waals surface area contributed by atoms with Gasteiger partial charge in [-0.2, -0.15) is 13.2 Å². The van der Waals surface area contributed by atoms with E-state index in [0.717, 1.165) is 17.7 Å². The summed E-state index contributed by atoms with van der Waals surface area (Å²) >= 11 is 0. The quantitative estimate of drug-likeness (QED) is 0.834. The van der Waals surface area contributed by atoms with E-state index in [4.69, 9.17) is 0 Å². The van der Waals surface area contributed by atoms with Crippen molar-refractivity contribution in [3.05, 3.63) is 59.7 Å². The zero-order chi connectivity index (χ0) is 15.5. The average Bonchev–Trinajstić information content (AvgIpc) is 2.45. The number of para-hydroxylation sites is 1. The Morgan fingerprint density at radius 2 is 1.67 bits per heavy atom. The molecule has 0 aliphatic heterocycles. The first-order valence-corrected chi connectivity index (χ1v) is 6.63. The molecule has 0 radical (unpaired) electrons. The summed E-state index contributed by atoms with van der Waals surface area (Å²) in [5.41, 5.74) is 0.627. The molecular formula is C16H16F3NO. The molecule has 2 N–H and O–H groups in total. The van der Waals surface area contributed by atoms with E-state index >= 15 is 0 Å². The first-order valence-electron chi connectivity index (χ1n) is 6.63. The number of alkyl halides is 3. The molecule has 21 heavy (non-hydrogen) atoms. The van der Waals surface area contributed by atoms with Gasteiger partial charge in [0, 0.05) is 11.3 Å². The van der Waals surface area contributed by atoms with Gasteiger partial charge >= 0.3 is 6.18 Å². The van der Waals surface area contributed by atoms with Crippen molar-refractivity contribution in [3.8, 4) is 5.75 Å². The molecule has 1 atom stereocenters. The first-order chi connectivity index (χ1) is 9.91. The smallest absolute Gasteiger partial charge is 0.416 e. The molecule has 0 aromatic heterocycles. The van der Waals surface area contributed by atoms with Gasteiger partial charge in [0.2, 0.25) is 0 Å². The van der Waals surface area contributed by atoms with E-state index in [2.05, 4.69) is 5.32 Å². The van der Waals surface area contributed by atoms with Gasteiger partial charge < -0.3 is 10.4 Å². The number of rotatable bonds is 4. The largest absolute Gasteiger partial charge is 0.508 e. The third-order valence-corrected chi connectivity index (χ3v) is 3.27. The van der Waals surface area contributed by atoms with E-state index in [1.807, 2.05) is 13.0 Å². The van der Waals surface area contributed by atoms with Gasteiger partial charge in [-0.15, -0.1) is 0 Å². The van der Waals surface area contributed by atoms with Crippen LogP contribution in [0.1, 0.15) is 30.5 Å². The van der Waals surface area contributed by atoms with Crippen LogP contribution < -0.4 is 5.32 Å². The number of phenols is 1. The van der Waals surface area contributed by atoms with Crippen molar-refractivity contribution in [3.63, 3.8) is 0 Å². The van der Waals surface area contributed by atoms with Crippen LogP contribution in [-0.4, -0.2) is 5.11 Å². The normalized spacial score (nSPS) is 13.0. The van der Waals surface area contributed by atoms with Crippen molar-refractivity contribution in [2.75, 3.05) is 5.32 Å². The minimum atomic E-state index is -4.33. The number of phenolic OH excluding ortho intramolecular Hbond substituents is 1. The second-order valence-corrected chi connectivity index (χ2v) is 4.74. The van der Waals surface area contributed by atoms with E-state index in [1.54, 1.807) is 18.2 Å². The zero-order valence-corrected chi connectivity index (χ0v) is 11.5. The molecule has 2 nitrogen and oxygen atoms in total. The number of nitrogens with one attached hydrogen (secondary N) is 1. The predicted molar refractivity (Wildman–Crippen MR) is 76.2 cm³/mol. The highest BCUT2D eigenvalue weighted by Crippen LogP contribution is 2.32. The van der Waals surface area contributed by atoms with Crippen LogP contribution in [0.15, 0.2) is 48.5 Å². The van der Waals surface area contributed by atoms with Crippen LogP contribution in [0.4, 0.5) is 18.9 Å². The fourth-order valence-electron chi connectivity index (χ4n) is 2.14. The Morgan fingerprint density at radius 1 is 1.05 bits per heavy atom. The Bertz CT molecular complexity index is 593. The minimum absolute atomic E-state index is 0.164. The molecule has 112 valence electrons. The van der Waals surface area contributed by atoms with Gasteiger partial charge in [-0.05, 0) is 36.8 Å². The number of anilines is 1. The molecule has 0 heterocycles. The number of benzene rings is 2. The van der Waals surface area contributed by atoms with Crippen LogP contribution in [-0.2, 0) is 6.18 Å². The van der Waals surface area contributed by atoms with E-state index < -0.39 is 11.7 Å². The highest BCUT2D eigenvalue weighted by atomic mass is 19.4. The van der Waals surface area contributed by atoms with Crippen molar-refractivity contribution >= 4 is 5.69 Å². The monoisotopic (exact) mass is 295 g/mol. The fourth-order valence-corrected chi connectivity index (χ4v) is 2.14. The topological polar surface area (TPSA) is 32.3 Å². The third kappa shape index (κ3) is 3.68. The minimum Gasteiger partial charge on any atom is -0.508 e. The summed E-state index contributed by atoms with van der Waals surface area (Å²) in [6.07, 6.45) is -3.64. The second-order valence-electron chi connectivity index (χ2n) is 4.74. The van der Waals surface area contributed by atoms with Crippen LogP contribution in [0.25, 0.3) is 0 Å². The molecule has 5 heteroatoms. The first kappa shape index (κ1) is 15.2. The standard InChI is InChI=1S/C16H16F3NO/c1-2-14(13-5-3-4-6-15(13)21)20-12-9-7-11(8-10-12)16(17,18)19/h3-10,14,20-21H,2H2,1H3. The summed E-state index contributed by atoms with van der Waals surface area (Å²) in [6, 6.07) is 11.6. The van der Waals surface area contributed by atoms with Crippen LogP contribution >= 0.6 is 0 Å². The summed E-state index contributed by atoms with van der Waals surface area (Å²) in [4.78, 5) is 0. The third-order valence-electron chi connectivity index (χ3n) is 3.27. The van der Waals surface area contributed by atoms with Gasteiger partial charge in [-0.1, -0.05) is 25.1 Å². The molecule has 0 bridgehead atoms. The molecule has 0 saturated heterocycles. The fraction of sp³-hybridized carbons (Fsp3) is 0.250. The molecular weight excluding hydrogens is 279 g/mol. The molecule has 2 aromatic rings. The van der Waals surface area contributed by atoms with Gasteiger partial charge in [0.1, 0.15) is 5.75 Å². The maximum Gasteiger partial charge on any atom is 0.416 e. The maximum absolute atomic E-state index is 12.5. The molecule has 0 saturated carbocycles. The Morgan fingerprint density at radius 3 is 2.19 bits per heavy atom. The summed E-state index contributed by atoms with van der Waals surface area (Å²) in [5, 5.41) is 13.0. The SMILES string of the molecule is CCC(Nc1ccc(C(F)(F)F)cc1)c1ccccc1O. The van der Waals surface area contributed by atoms with E-state index in [9.17, 15) is 18.3 Å². The molecule has 0 aliphatic rings. The number of halogens is 3. The number of hydrogen-bond acceptors (Lipinski definition) is 2. The highest BCUT2D eigenvalue weighted by Gasteiger charge is 2.30. The Kier molecular flexibility index (Phi) is 4.40. The zero-order valence-electron chi connectivity index (χ0n) is 11.5. The Balaban J connectivity index is 2.18. The van der Waals surface area contributed by atoms with Crippen molar-refractivity contribution in [2.24, 2.45) is 0 Å². The van der Waals surface area contributed by atoms with Crippen LogP contribution in [0.5, 0.6) is 5.75 Å². The lowest BCUT2D eigenvalue weighted by Gasteiger charge is -2.20. The summed E-state index contributed by atoms with van der Waals surface area (Å²) in [6.45, 7) is 1.94. The van der Waals surface area contributed by atoms with Gasteiger partial charge in [0.05, 0.1) is 11.6 Å². The van der Waals surface area contributed by atoms with E-state index in [1.165, 1.54) is 12.1 Å². The molecule has 0 fully saturated rings. The van der Waals surface area contributed by atoms with Crippen LogP contribution in [0, 0.1) is 0 Å². The summed E-state index contributed by atoms with van der Waals surface area (Å²) in [7, 11) is 0. The predicted octanol–water partition coefficient (Wildman–Crippen LogP) is 4.97. The van der Waals surface area contributed by atoms with Gasteiger partial charge in [-0.3, -0.25) is 0 Å².